The third-order valence-corrected chi connectivity index (χ3v) is 3.98. The number of aliphatic carboxylic acids is 1. The average molecular weight is 262 g/mol. The Balaban J connectivity index is 1.68. The molecule has 0 saturated heterocycles. The largest absolute Gasteiger partial charge is 0.481 e. The lowest BCUT2D eigenvalue weighted by molar-refractivity contribution is -0.147. The first-order valence-electron chi connectivity index (χ1n) is 6.25. The minimum atomic E-state index is -0.890. The van der Waals surface area contributed by atoms with Crippen LogP contribution in [0.1, 0.15) is 12.1 Å². The molecule has 0 radical (unpaired) electrons. The summed E-state index contributed by atoms with van der Waals surface area (Å²) in [6, 6.07) is 1.66. The number of carboxylic acid groups (broad SMARTS) is 1. The van der Waals surface area contributed by atoms with Gasteiger partial charge in [-0.2, -0.15) is 0 Å². The quantitative estimate of drug-likeness (QED) is 0.783. The number of allylic oxidation sites excluding steroid dienone is 2. The van der Waals surface area contributed by atoms with Crippen LogP contribution in [0.4, 0.5) is 0 Å². The number of rotatable bonds is 4. The minimum Gasteiger partial charge on any atom is -0.481 e. The molecule has 2 aliphatic rings. The van der Waals surface area contributed by atoms with E-state index >= 15 is 0 Å². The normalized spacial score (nSPS) is 31.6. The molecule has 1 fully saturated rings. The van der Waals surface area contributed by atoms with Crippen molar-refractivity contribution in [2.24, 2.45) is 23.7 Å². The molecule has 2 N–H and O–H groups in total. The highest BCUT2D eigenvalue weighted by molar-refractivity contribution is 5.86. The standard InChI is InChI=1S/C13H14N2O4/c16-12(14-6-9-3-4-19-15-9)10-7-1-2-8(5-7)11(10)13(17)18/h1-4,7-8,10-11H,5-6H2,(H,14,16)(H,17,18). The molecule has 1 aromatic rings. The van der Waals surface area contributed by atoms with Gasteiger partial charge in [-0.05, 0) is 18.3 Å². The molecule has 6 nitrogen and oxygen atoms in total. The highest BCUT2D eigenvalue weighted by Gasteiger charge is 2.51. The Labute approximate surface area is 109 Å². The number of aromatic nitrogens is 1. The summed E-state index contributed by atoms with van der Waals surface area (Å²) in [5, 5.41) is 15.7. The van der Waals surface area contributed by atoms with Gasteiger partial charge in [0.05, 0.1) is 18.4 Å². The highest BCUT2D eigenvalue weighted by Crippen LogP contribution is 2.48. The first-order chi connectivity index (χ1) is 9.16. The van der Waals surface area contributed by atoms with Crippen molar-refractivity contribution < 1.29 is 19.2 Å². The van der Waals surface area contributed by atoms with E-state index in [0.717, 1.165) is 6.42 Å². The molecule has 1 saturated carbocycles. The Kier molecular flexibility index (Phi) is 2.85. The van der Waals surface area contributed by atoms with E-state index < -0.39 is 17.8 Å². The van der Waals surface area contributed by atoms with E-state index in [1.165, 1.54) is 6.26 Å². The summed E-state index contributed by atoms with van der Waals surface area (Å²) < 4.78 is 4.67. The first-order valence-corrected chi connectivity index (χ1v) is 6.25. The van der Waals surface area contributed by atoms with Gasteiger partial charge >= 0.3 is 5.97 Å². The summed E-state index contributed by atoms with van der Waals surface area (Å²) in [6.45, 7) is 0.263. The summed E-state index contributed by atoms with van der Waals surface area (Å²) in [5.74, 6) is -2.15. The summed E-state index contributed by atoms with van der Waals surface area (Å²) in [4.78, 5) is 23.5. The molecule has 0 aliphatic heterocycles. The van der Waals surface area contributed by atoms with Crippen LogP contribution < -0.4 is 5.32 Å². The molecule has 4 atom stereocenters. The van der Waals surface area contributed by atoms with Gasteiger partial charge in [0.15, 0.2) is 0 Å². The Morgan fingerprint density at radius 2 is 2.11 bits per heavy atom. The second-order valence-corrected chi connectivity index (χ2v) is 5.05. The molecule has 3 rings (SSSR count). The lowest BCUT2D eigenvalue weighted by Crippen LogP contribution is -2.39. The van der Waals surface area contributed by atoms with E-state index in [2.05, 4.69) is 15.0 Å². The number of nitrogens with one attached hydrogen (secondary N) is 1. The van der Waals surface area contributed by atoms with Crippen LogP contribution in [0.25, 0.3) is 0 Å². The molecule has 4 unspecified atom stereocenters. The third kappa shape index (κ3) is 2.03. The lowest BCUT2D eigenvalue weighted by Gasteiger charge is -2.23. The maximum Gasteiger partial charge on any atom is 0.307 e. The average Bonchev–Trinajstić information content (AvgIpc) is 3.10. The number of carbonyl (C=O) groups is 2. The second-order valence-electron chi connectivity index (χ2n) is 5.05. The zero-order valence-corrected chi connectivity index (χ0v) is 10.2. The van der Waals surface area contributed by atoms with Crippen molar-refractivity contribution in [3.05, 3.63) is 30.2 Å². The zero-order chi connectivity index (χ0) is 13.4. The molecule has 19 heavy (non-hydrogen) atoms. The van der Waals surface area contributed by atoms with E-state index in [4.69, 9.17) is 0 Å². The van der Waals surface area contributed by atoms with Crippen LogP contribution in [0.15, 0.2) is 29.0 Å². The maximum atomic E-state index is 12.2. The topological polar surface area (TPSA) is 92.4 Å². The fraction of sp³-hybridized carbons (Fsp3) is 0.462. The predicted molar refractivity (Wildman–Crippen MR) is 63.7 cm³/mol. The molecule has 2 aliphatic carbocycles. The number of carbonyl (C=O) groups excluding carboxylic acids is 1. The molecular weight excluding hydrogens is 248 g/mol. The second kappa shape index (κ2) is 4.53. The Morgan fingerprint density at radius 1 is 1.37 bits per heavy atom. The van der Waals surface area contributed by atoms with E-state index in [0.29, 0.717) is 5.69 Å². The van der Waals surface area contributed by atoms with Gasteiger partial charge < -0.3 is 14.9 Å². The van der Waals surface area contributed by atoms with Crippen molar-refractivity contribution in [1.29, 1.82) is 0 Å². The Morgan fingerprint density at radius 3 is 2.74 bits per heavy atom. The van der Waals surface area contributed by atoms with Gasteiger partial charge in [-0.25, -0.2) is 0 Å². The summed E-state index contributed by atoms with van der Waals surface area (Å²) in [5.41, 5.74) is 0.624. The fourth-order valence-electron chi connectivity index (χ4n) is 3.14. The Bertz CT molecular complexity index is 523. The van der Waals surface area contributed by atoms with Crippen molar-refractivity contribution in [2.45, 2.75) is 13.0 Å². The molecule has 0 aromatic carbocycles. The van der Waals surface area contributed by atoms with Crippen molar-refractivity contribution in [3.63, 3.8) is 0 Å². The molecule has 1 amide bonds. The maximum absolute atomic E-state index is 12.2. The molecule has 100 valence electrons. The van der Waals surface area contributed by atoms with Gasteiger partial charge in [0, 0.05) is 6.07 Å². The van der Waals surface area contributed by atoms with Crippen LogP contribution in [-0.4, -0.2) is 22.1 Å². The van der Waals surface area contributed by atoms with Gasteiger partial charge in [0.2, 0.25) is 5.91 Å². The van der Waals surface area contributed by atoms with Crippen LogP contribution in [0.2, 0.25) is 0 Å². The van der Waals surface area contributed by atoms with Gasteiger partial charge in [-0.15, -0.1) is 0 Å². The smallest absolute Gasteiger partial charge is 0.307 e. The number of carboxylic acids is 1. The van der Waals surface area contributed by atoms with Crippen LogP contribution in [0, 0.1) is 23.7 Å². The highest BCUT2D eigenvalue weighted by atomic mass is 16.5. The van der Waals surface area contributed by atoms with Crippen LogP contribution in [0.5, 0.6) is 0 Å². The van der Waals surface area contributed by atoms with Crippen LogP contribution in [-0.2, 0) is 16.1 Å². The predicted octanol–water partition coefficient (Wildman–Crippen LogP) is 0.814. The van der Waals surface area contributed by atoms with Gasteiger partial charge in [0.1, 0.15) is 12.0 Å². The summed E-state index contributed by atoms with van der Waals surface area (Å²) in [7, 11) is 0. The van der Waals surface area contributed by atoms with E-state index in [9.17, 15) is 14.7 Å². The van der Waals surface area contributed by atoms with Gasteiger partial charge in [-0.3, -0.25) is 9.59 Å². The molecule has 6 heteroatoms. The Hall–Kier alpha value is -2.11. The lowest BCUT2D eigenvalue weighted by atomic mass is 9.82. The first kappa shape index (κ1) is 12.0. The molecule has 0 spiro atoms. The van der Waals surface area contributed by atoms with E-state index in [1.807, 2.05) is 12.2 Å². The SMILES string of the molecule is O=C(O)C1C2C=CC(C2)C1C(=O)NCc1ccon1. The van der Waals surface area contributed by atoms with Crippen molar-refractivity contribution >= 4 is 11.9 Å². The van der Waals surface area contributed by atoms with Gasteiger partial charge in [-0.1, -0.05) is 17.3 Å². The molecule has 1 aromatic heterocycles. The van der Waals surface area contributed by atoms with Crippen LogP contribution in [0.3, 0.4) is 0 Å². The number of hydrogen-bond donors (Lipinski definition) is 2. The molecular formula is C13H14N2O4. The number of fused-ring (bicyclic) bond motifs is 2. The van der Waals surface area contributed by atoms with Crippen molar-refractivity contribution in [3.8, 4) is 0 Å². The zero-order valence-electron chi connectivity index (χ0n) is 10.2. The number of hydrogen-bond acceptors (Lipinski definition) is 4. The van der Waals surface area contributed by atoms with E-state index in [1.54, 1.807) is 6.07 Å². The third-order valence-electron chi connectivity index (χ3n) is 3.98. The molecule has 1 heterocycles. The summed E-state index contributed by atoms with van der Waals surface area (Å²) in [6.07, 6.45) is 6.08. The van der Waals surface area contributed by atoms with Gasteiger partial charge in [0.25, 0.3) is 0 Å². The van der Waals surface area contributed by atoms with Crippen LogP contribution >= 0.6 is 0 Å². The monoisotopic (exact) mass is 262 g/mol. The fourth-order valence-corrected chi connectivity index (χ4v) is 3.14. The van der Waals surface area contributed by atoms with E-state index in [-0.39, 0.29) is 24.3 Å². The number of amides is 1. The molecule has 2 bridgehead atoms. The van der Waals surface area contributed by atoms with Crippen molar-refractivity contribution in [2.75, 3.05) is 0 Å². The van der Waals surface area contributed by atoms with Crippen molar-refractivity contribution in [1.82, 2.24) is 10.5 Å². The number of nitrogens with zero attached hydrogens (tertiary/aromatic N) is 1. The summed E-state index contributed by atoms with van der Waals surface area (Å²) >= 11 is 0. The minimum absolute atomic E-state index is 0.00898.